The van der Waals surface area contributed by atoms with Gasteiger partial charge in [-0.25, -0.2) is 4.79 Å². The average molecular weight is 258 g/mol. The van der Waals surface area contributed by atoms with Crippen LogP contribution in [0.1, 0.15) is 19.8 Å². The molecule has 0 fully saturated rings. The lowest BCUT2D eigenvalue weighted by Crippen LogP contribution is -2.15. The van der Waals surface area contributed by atoms with E-state index in [0.29, 0.717) is 23.1 Å². The lowest BCUT2D eigenvalue weighted by molar-refractivity contribution is -0.146. The van der Waals surface area contributed by atoms with Gasteiger partial charge < -0.3 is 15.2 Å². The summed E-state index contributed by atoms with van der Waals surface area (Å²) in [7, 11) is 0. The summed E-state index contributed by atoms with van der Waals surface area (Å²) in [5.41, 5.74) is 6.10. The number of hydrogen-bond acceptors (Lipinski definition) is 4. The first-order valence-electron chi connectivity index (χ1n) is 5.47. The van der Waals surface area contributed by atoms with Crippen LogP contribution in [0.3, 0.4) is 0 Å². The van der Waals surface area contributed by atoms with E-state index in [1.54, 1.807) is 18.2 Å². The van der Waals surface area contributed by atoms with E-state index in [1.165, 1.54) is 0 Å². The van der Waals surface area contributed by atoms with Crippen LogP contribution in [0.2, 0.25) is 5.02 Å². The molecule has 94 valence electrons. The predicted octanol–water partition coefficient (Wildman–Crippen LogP) is 2.64. The average Bonchev–Trinajstić information content (AvgIpc) is 2.31. The lowest BCUT2D eigenvalue weighted by atomic mass is 10.3. The highest BCUT2D eigenvalue weighted by Crippen LogP contribution is 2.25. The summed E-state index contributed by atoms with van der Waals surface area (Å²) in [6.07, 6.45) is 1.83. The molecule has 0 amide bonds. The third-order valence-corrected chi connectivity index (χ3v) is 2.32. The molecule has 0 saturated heterocycles. The topological polar surface area (TPSA) is 61.5 Å². The molecule has 0 radical (unpaired) electrons. The van der Waals surface area contributed by atoms with Crippen molar-refractivity contribution in [2.24, 2.45) is 0 Å². The zero-order valence-corrected chi connectivity index (χ0v) is 10.5. The van der Waals surface area contributed by atoms with E-state index in [2.05, 4.69) is 0 Å². The van der Waals surface area contributed by atoms with Crippen molar-refractivity contribution in [1.82, 2.24) is 0 Å². The minimum absolute atomic E-state index is 0.158. The standard InChI is InChI=1S/C12H16ClNO3/c1-2-3-6-16-12(15)8-17-11-7-9(13)4-5-10(11)14/h4-5,7H,2-3,6,8,14H2,1H3. The number of hydrogen-bond donors (Lipinski definition) is 1. The molecule has 0 aromatic heterocycles. The third kappa shape index (κ3) is 4.95. The van der Waals surface area contributed by atoms with Crippen LogP contribution in [-0.4, -0.2) is 19.2 Å². The van der Waals surface area contributed by atoms with E-state index in [0.717, 1.165) is 12.8 Å². The highest BCUT2D eigenvalue weighted by Gasteiger charge is 2.06. The van der Waals surface area contributed by atoms with Crippen LogP contribution in [-0.2, 0) is 9.53 Å². The van der Waals surface area contributed by atoms with Crippen molar-refractivity contribution in [3.63, 3.8) is 0 Å². The minimum atomic E-state index is -0.405. The van der Waals surface area contributed by atoms with Crippen molar-refractivity contribution < 1.29 is 14.3 Å². The Hall–Kier alpha value is -1.42. The number of carbonyl (C=O) groups is 1. The number of halogens is 1. The summed E-state index contributed by atoms with van der Waals surface area (Å²) in [6, 6.07) is 4.85. The number of carbonyl (C=O) groups excluding carboxylic acids is 1. The van der Waals surface area contributed by atoms with E-state index in [-0.39, 0.29) is 6.61 Å². The first-order valence-corrected chi connectivity index (χ1v) is 5.84. The van der Waals surface area contributed by atoms with Gasteiger partial charge in [0.2, 0.25) is 0 Å². The molecule has 2 N–H and O–H groups in total. The van der Waals surface area contributed by atoms with Crippen molar-refractivity contribution in [2.45, 2.75) is 19.8 Å². The smallest absolute Gasteiger partial charge is 0.344 e. The maximum absolute atomic E-state index is 11.3. The second kappa shape index (κ2) is 7.01. The molecule has 0 spiro atoms. The summed E-state index contributed by atoms with van der Waals surface area (Å²) in [4.78, 5) is 11.3. The van der Waals surface area contributed by atoms with E-state index in [1.807, 2.05) is 6.92 Å². The summed E-state index contributed by atoms with van der Waals surface area (Å²) in [5, 5.41) is 0.508. The number of rotatable bonds is 6. The molecule has 0 aliphatic heterocycles. The molecule has 0 bridgehead atoms. The zero-order valence-electron chi connectivity index (χ0n) is 9.74. The second-order valence-electron chi connectivity index (χ2n) is 3.54. The van der Waals surface area contributed by atoms with Crippen molar-refractivity contribution >= 4 is 23.3 Å². The van der Waals surface area contributed by atoms with Gasteiger partial charge in [-0.05, 0) is 18.6 Å². The fourth-order valence-electron chi connectivity index (χ4n) is 1.14. The van der Waals surface area contributed by atoms with E-state index >= 15 is 0 Å². The molecule has 1 rings (SSSR count). The van der Waals surface area contributed by atoms with Gasteiger partial charge in [-0.2, -0.15) is 0 Å². The first kappa shape index (κ1) is 13.6. The Balaban J connectivity index is 2.39. The molecule has 17 heavy (non-hydrogen) atoms. The third-order valence-electron chi connectivity index (χ3n) is 2.08. The van der Waals surface area contributed by atoms with Gasteiger partial charge in [0.1, 0.15) is 5.75 Å². The number of benzene rings is 1. The SMILES string of the molecule is CCCCOC(=O)COc1cc(Cl)ccc1N. The van der Waals surface area contributed by atoms with Crippen molar-refractivity contribution in [1.29, 1.82) is 0 Å². The summed E-state index contributed by atoms with van der Waals surface area (Å²) in [5.74, 6) is -0.0113. The van der Waals surface area contributed by atoms with Gasteiger partial charge in [0.05, 0.1) is 12.3 Å². The van der Waals surface area contributed by atoms with Crippen molar-refractivity contribution in [3.8, 4) is 5.75 Å². The Bertz CT molecular complexity index is 382. The van der Waals surface area contributed by atoms with Crippen molar-refractivity contribution in [3.05, 3.63) is 23.2 Å². The van der Waals surface area contributed by atoms with Crippen LogP contribution in [0.4, 0.5) is 5.69 Å². The number of ether oxygens (including phenoxy) is 2. The molecular formula is C12H16ClNO3. The fourth-order valence-corrected chi connectivity index (χ4v) is 1.30. The lowest BCUT2D eigenvalue weighted by Gasteiger charge is -2.09. The number of unbranched alkanes of at least 4 members (excludes halogenated alkanes) is 1. The Morgan fingerprint density at radius 1 is 1.47 bits per heavy atom. The van der Waals surface area contributed by atoms with Gasteiger partial charge in [0.15, 0.2) is 6.61 Å². The number of esters is 1. The second-order valence-corrected chi connectivity index (χ2v) is 3.98. The van der Waals surface area contributed by atoms with Gasteiger partial charge in [-0.3, -0.25) is 0 Å². The highest BCUT2D eigenvalue weighted by molar-refractivity contribution is 6.30. The molecular weight excluding hydrogens is 242 g/mol. The van der Waals surface area contributed by atoms with Crippen LogP contribution >= 0.6 is 11.6 Å². The Kier molecular flexibility index (Phi) is 5.63. The molecule has 0 unspecified atom stereocenters. The Labute approximate surface area is 106 Å². The molecule has 0 saturated carbocycles. The summed E-state index contributed by atoms with van der Waals surface area (Å²) >= 11 is 5.78. The van der Waals surface area contributed by atoms with Gasteiger partial charge >= 0.3 is 5.97 Å². The van der Waals surface area contributed by atoms with Crippen LogP contribution in [0.5, 0.6) is 5.75 Å². The van der Waals surface area contributed by atoms with Crippen LogP contribution in [0, 0.1) is 0 Å². The van der Waals surface area contributed by atoms with Crippen LogP contribution < -0.4 is 10.5 Å². The number of nitrogen functional groups attached to an aromatic ring is 1. The maximum atomic E-state index is 11.3. The van der Waals surface area contributed by atoms with E-state index in [4.69, 9.17) is 26.8 Å². The molecule has 1 aromatic rings. The fraction of sp³-hybridized carbons (Fsp3) is 0.417. The van der Waals surface area contributed by atoms with Gasteiger partial charge in [0, 0.05) is 11.1 Å². The Morgan fingerprint density at radius 3 is 2.94 bits per heavy atom. The molecule has 1 aromatic carbocycles. The zero-order chi connectivity index (χ0) is 12.7. The van der Waals surface area contributed by atoms with E-state index < -0.39 is 5.97 Å². The summed E-state index contributed by atoms with van der Waals surface area (Å²) < 4.78 is 10.2. The quantitative estimate of drug-likeness (QED) is 0.483. The number of anilines is 1. The molecule has 0 aliphatic rings. The normalized spacial score (nSPS) is 10.0. The van der Waals surface area contributed by atoms with Crippen LogP contribution in [0.25, 0.3) is 0 Å². The molecule has 0 aliphatic carbocycles. The van der Waals surface area contributed by atoms with Gasteiger partial charge in [-0.15, -0.1) is 0 Å². The minimum Gasteiger partial charge on any atom is -0.480 e. The molecule has 4 nitrogen and oxygen atoms in total. The molecule has 0 heterocycles. The summed E-state index contributed by atoms with van der Waals surface area (Å²) in [6.45, 7) is 2.29. The molecule has 0 atom stereocenters. The monoisotopic (exact) mass is 257 g/mol. The van der Waals surface area contributed by atoms with Gasteiger partial charge in [0.25, 0.3) is 0 Å². The highest BCUT2D eigenvalue weighted by atomic mass is 35.5. The van der Waals surface area contributed by atoms with Gasteiger partial charge in [-0.1, -0.05) is 24.9 Å². The largest absolute Gasteiger partial charge is 0.480 e. The van der Waals surface area contributed by atoms with E-state index in [9.17, 15) is 4.79 Å². The molecule has 5 heteroatoms. The Morgan fingerprint density at radius 2 is 2.24 bits per heavy atom. The van der Waals surface area contributed by atoms with Crippen LogP contribution in [0.15, 0.2) is 18.2 Å². The van der Waals surface area contributed by atoms with Crippen molar-refractivity contribution in [2.75, 3.05) is 18.9 Å². The number of nitrogens with two attached hydrogens (primary N) is 1. The predicted molar refractivity (Wildman–Crippen MR) is 67.2 cm³/mol. The maximum Gasteiger partial charge on any atom is 0.344 e. The first-order chi connectivity index (χ1) is 8.13.